The van der Waals surface area contributed by atoms with Gasteiger partial charge in [0.25, 0.3) is 6.71 Å². The first-order valence-electron chi connectivity index (χ1n) is 36.0. The summed E-state index contributed by atoms with van der Waals surface area (Å²) in [6.07, 6.45) is 0. The third-order valence-corrected chi connectivity index (χ3v) is 19.0. The minimum absolute atomic E-state index is 0.0154. The summed E-state index contributed by atoms with van der Waals surface area (Å²) in [6, 6.07) is 97.7. The highest BCUT2D eigenvalue weighted by Crippen LogP contribution is 2.52. The van der Waals surface area contributed by atoms with Gasteiger partial charge in [-0.15, -0.1) is 0 Å². The molecule has 14 aromatic carbocycles. The van der Waals surface area contributed by atoms with Crippen molar-refractivity contribution in [3.05, 3.63) is 339 Å². The van der Waals surface area contributed by atoms with Gasteiger partial charge in [0.15, 0.2) is 0 Å². The van der Waals surface area contributed by atoms with Crippen LogP contribution in [0.5, 0.6) is 0 Å². The summed E-state index contributed by atoms with van der Waals surface area (Å²) in [7, 11) is 0. The first-order valence-corrected chi connectivity index (χ1v) is 32.0. The maximum atomic E-state index is 9.71. The summed E-state index contributed by atoms with van der Waals surface area (Å²) in [5.41, 5.74) is 22.0. The van der Waals surface area contributed by atoms with Gasteiger partial charge in [-0.05, 0) is 159 Å². The van der Waals surface area contributed by atoms with E-state index in [-0.39, 0.29) is 46.0 Å². The van der Waals surface area contributed by atoms with Crippen molar-refractivity contribution in [3.8, 4) is 44.8 Å². The van der Waals surface area contributed by atoms with E-state index in [1.54, 1.807) is 4.57 Å². The van der Waals surface area contributed by atoms with E-state index in [1.165, 1.54) is 0 Å². The van der Waals surface area contributed by atoms with Gasteiger partial charge in [-0.2, -0.15) is 0 Å². The fourth-order valence-electron chi connectivity index (χ4n) is 14.8. The van der Waals surface area contributed by atoms with E-state index in [2.05, 4.69) is 307 Å². The Labute approximate surface area is 559 Å². The molecule has 0 spiro atoms. The van der Waals surface area contributed by atoms with Crippen LogP contribution in [0.4, 0.5) is 51.2 Å². The first-order chi connectivity index (χ1) is 49.6. The summed E-state index contributed by atoms with van der Waals surface area (Å²) in [5.74, 6) is 0. The third-order valence-electron chi connectivity index (χ3n) is 19.0. The molecule has 6 heteroatoms. The molecule has 0 N–H and O–H groups in total. The second-order valence-electron chi connectivity index (χ2n) is 25.5. The molecular weight excluding hydrogens is 1140 g/mol. The van der Waals surface area contributed by atoms with Crippen LogP contribution < -0.4 is 31.1 Å². The lowest BCUT2D eigenvalue weighted by atomic mass is 9.33. The number of hydrogen-bond donors (Lipinski definition) is 0. The molecule has 5 nitrogen and oxygen atoms in total. The first kappa shape index (κ1) is 47.1. The van der Waals surface area contributed by atoms with Crippen molar-refractivity contribution in [2.24, 2.45) is 0 Å². The predicted octanol–water partition coefficient (Wildman–Crippen LogP) is 21.7. The normalized spacial score (nSPS) is 13.8. The standard InChI is InChI=1S/C88H64BN5/c1-88(2,3)63-54-84-86-85(55-63)94(87-70(60-29-11-5-12-30-60)42-26-43-71(87)61-31-13-6-14-32-61)83-58-69(91-78-44-22-19-39-72(78)73-40-20-23-45-79(73)91)48-51-77(83)89(86)76-50-47-68(57-82(76)93(84)66-38-25-33-62(53-66)59-27-9-4-10-28-59)92-80-46-24-21-41-74(80)75-56-67(49-52-81(75)92)90(64-34-15-7-16-35-64)65-36-17-8-18-37-65/h4-58H,1-3H3/i19D,20D,22D,23D,39D,40D,44D,45D. The Morgan fingerprint density at radius 2 is 0.809 bits per heavy atom. The van der Waals surface area contributed by atoms with Crippen molar-refractivity contribution < 1.29 is 11.0 Å². The van der Waals surface area contributed by atoms with E-state index in [4.69, 9.17) is 5.48 Å². The van der Waals surface area contributed by atoms with Crippen LogP contribution in [0.1, 0.15) is 37.3 Å². The Kier molecular flexibility index (Phi) is 11.0. The molecule has 0 aliphatic carbocycles. The van der Waals surface area contributed by atoms with Gasteiger partial charge in [0.2, 0.25) is 0 Å². The molecule has 0 amide bonds. The lowest BCUT2D eigenvalue weighted by Crippen LogP contribution is -2.61. The number of benzene rings is 14. The number of nitrogens with zero attached hydrogens (tertiary/aromatic N) is 5. The van der Waals surface area contributed by atoms with Crippen molar-refractivity contribution >= 4 is 118 Å². The van der Waals surface area contributed by atoms with Crippen LogP contribution in [0.3, 0.4) is 0 Å². The number of aromatic nitrogens is 2. The van der Waals surface area contributed by atoms with E-state index in [9.17, 15) is 5.48 Å². The Balaban J connectivity index is 0.961. The molecule has 2 aliphatic heterocycles. The van der Waals surface area contributed by atoms with Gasteiger partial charge in [0.1, 0.15) is 0 Å². The molecule has 0 fully saturated rings. The highest BCUT2D eigenvalue weighted by molar-refractivity contribution is 7.00. The van der Waals surface area contributed by atoms with Crippen LogP contribution in [-0.4, -0.2) is 15.8 Å². The molecule has 18 rings (SSSR count). The summed E-state index contributed by atoms with van der Waals surface area (Å²) in [6.45, 7) is 6.35. The molecular formula is C88H64BN5. The van der Waals surface area contributed by atoms with Crippen molar-refractivity contribution in [2.45, 2.75) is 26.2 Å². The van der Waals surface area contributed by atoms with Crippen molar-refractivity contribution in [3.63, 3.8) is 0 Å². The summed E-state index contributed by atoms with van der Waals surface area (Å²) >= 11 is 0. The van der Waals surface area contributed by atoms with E-state index < -0.39 is 36.3 Å². The van der Waals surface area contributed by atoms with Crippen LogP contribution in [0.25, 0.3) is 88.4 Å². The smallest absolute Gasteiger partial charge is 0.252 e. The lowest BCUT2D eigenvalue weighted by Gasteiger charge is -2.46. The van der Waals surface area contributed by atoms with Gasteiger partial charge in [-0.1, -0.05) is 245 Å². The largest absolute Gasteiger partial charge is 0.311 e. The molecule has 94 heavy (non-hydrogen) atoms. The SMILES string of the molecule is [2H]c1c([2H])c([2H])c2c(c1[2H])c1c([2H])c([2H])c([2H])c([2H])c1n2-c1ccc2c(c1)N(c1c(-c3ccccc3)cccc1-c1ccccc1)c1cc(C(C)(C)C)cc3c1B2c1ccc(-n2c4ccccc4c4cc(N(c5ccccc5)c5ccccc5)ccc42)cc1N3c1cccc(-c2ccccc2)c1. The molecule has 0 radical (unpaired) electrons. The van der Waals surface area contributed by atoms with Crippen molar-refractivity contribution in [1.82, 2.24) is 9.13 Å². The van der Waals surface area contributed by atoms with E-state index in [1.807, 2.05) is 18.2 Å². The fourth-order valence-corrected chi connectivity index (χ4v) is 14.8. The van der Waals surface area contributed by atoms with E-state index in [0.717, 1.165) is 134 Å². The molecule has 0 unspecified atom stereocenters. The topological polar surface area (TPSA) is 19.6 Å². The van der Waals surface area contributed by atoms with Gasteiger partial charge in [0.05, 0.1) is 38.7 Å². The Morgan fingerprint density at radius 3 is 1.39 bits per heavy atom. The summed E-state index contributed by atoms with van der Waals surface area (Å²) in [5, 5.41) is 2.25. The molecule has 0 atom stereocenters. The van der Waals surface area contributed by atoms with Gasteiger partial charge in [-0.3, -0.25) is 0 Å². The van der Waals surface area contributed by atoms with E-state index in [0.29, 0.717) is 5.69 Å². The zero-order chi connectivity index (χ0) is 69.6. The van der Waals surface area contributed by atoms with Gasteiger partial charge in [-0.25, -0.2) is 0 Å². The van der Waals surface area contributed by atoms with E-state index >= 15 is 0 Å². The number of para-hydroxylation sites is 6. The highest BCUT2D eigenvalue weighted by atomic mass is 15.2. The third kappa shape index (κ3) is 8.85. The predicted molar refractivity (Wildman–Crippen MR) is 399 cm³/mol. The van der Waals surface area contributed by atoms with Gasteiger partial charge in [0, 0.05) is 89.5 Å². The van der Waals surface area contributed by atoms with Crippen LogP contribution in [0, 0.1) is 0 Å². The summed E-state index contributed by atoms with van der Waals surface area (Å²) in [4.78, 5) is 7.20. The molecule has 0 saturated heterocycles. The minimum Gasteiger partial charge on any atom is -0.311 e. The van der Waals surface area contributed by atoms with Crippen LogP contribution in [0.2, 0.25) is 0 Å². The maximum absolute atomic E-state index is 9.71. The minimum atomic E-state index is -0.496. The number of anilines is 9. The maximum Gasteiger partial charge on any atom is 0.252 e. The molecule has 444 valence electrons. The second-order valence-corrected chi connectivity index (χ2v) is 25.5. The highest BCUT2D eigenvalue weighted by Gasteiger charge is 2.45. The van der Waals surface area contributed by atoms with Crippen molar-refractivity contribution in [2.75, 3.05) is 14.7 Å². The van der Waals surface area contributed by atoms with Crippen LogP contribution in [0.15, 0.2) is 333 Å². The molecule has 2 aromatic heterocycles. The quantitative estimate of drug-likeness (QED) is 0.127. The Hall–Kier alpha value is -11.9. The zero-order valence-electron chi connectivity index (χ0n) is 59.9. The Bertz CT molecular complexity index is 5940. The average molecular weight is 1210 g/mol. The average Bonchev–Trinajstić information content (AvgIpc) is 0.712. The van der Waals surface area contributed by atoms with Gasteiger partial charge >= 0.3 is 0 Å². The fraction of sp³-hybridized carbons (Fsp3) is 0.0455. The Morgan fingerprint density at radius 1 is 0.330 bits per heavy atom. The zero-order valence-corrected chi connectivity index (χ0v) is 51.9. The number of fused-ring (bicyclic) bond motifs is 10. The van der Waals surface area contributed by atoms with Crippen LogP contribution >= 0.6 is 0 Å². The molecule has 16 aromatic rings. The molecule has 0 saturated carbocycles. The van der Waals surface area contributed by atoms with Gasteiger partial charge < -0.3 is 23.8 Å². The van der Waals surface area contributed by atoms with Crippen LogP contribution in [-0.2, 0) is 5.41 Å². The number of hydrogen-bond acceptors (Lipinski definition) is 3. The molecule has 4 heterocycles. The number of rotatable bonds is 10. The lowest BCUT2D eigenvalue weighted by molar-refractivity contribution is 0.590. The second kappa shape index (κ2) is 21.9. The van der Waals surface area contributed by atoms with Crippen molar-refractivity contribution in [1.29, 1.82) is 0 Å². The molecule has 0 bridgehead atoms. The molecule has 2 aliphatic rings. The summed E-state index contributed by atoms with van der Waals surface area (Å²) < 4.78 is 78.7. The monoisotopic (exact) mass is 1210 g/mol.